The van der Waals surface area contributed by atoms with Crippen LogP contribution in [-0.4, -0.2) is 12.1 Å². The Morgan fingerprint density at radius 3 is 2.38 bits per heavy atom. The van der Waals surface area contributed by atoms with Crippen molar-refractivity contribution in [2.45, 2.75) is 46.5 Å². The predicted molar refractivity (Wildman–Crippen MR) is 57.5 cm³/mol. The van der Waals surface area contributed by atoms with Gasteiger partial charge < -0.3 is 14.0 Å². The maximum absolute atomic E-state index is 11.1. The van der Waals surface area contributed by atoms with Crippen molar-refractivity contribution in [3.05, 3.63) is 0 Å². The molecule has 0 amide bonds. The smallest absolute Gasteiger partial charge is 0.773 e. The third-order valence-electron chi connectivity index (χ3n) is 2.41. The first kappa shape index (κ1) is 18.8. The first-order valence-electron chi connectivity index (χ1n) is 5.40. The molecular formula is C10H20LiO4P. The Morgan fingerprint density at radius 2 is 2.00 bits per heavy atom. The molecule has 2 unspecified atom stereocenters. The maximum Gasteiger partial charge on any atom is 1.00 e. The summed E-state index contributed by atoms with van der Waals surface area (Å²) in [5.41, 5.74) is -0.896. The van der Waals surface area contributed by atoms with Gasteiger partial charge in [-0.05, 0) is 12.3 Å². The van der Waals surface area contributed by atoms with Gasteiger partial charge in [0.2, 0.25) is 5.52 Å². The topological polar surface area (TPSA) is 66.4 Å². The van der Waals surface area contributed by atoms with Gasteiger partial charge in [-0.3, -0.25) is 4.79 Å². The van der Waals surface area contributed by atoms with E-state index in [1.54, 1.807) is 0 Å². The van der Waals surface area contributed by atoms with E-state index in [-0.39, 0.29) is 31.4 Å². The fourth-order valence-electron chi connectivity index (χ4n) is 1.19. The molecule has 0 aliphatic heterocycles. The summed E-state index contributed by atoms with van der Waals surface area (Å²) in [6.45, 7) is 5.23. The SMILES string of the molecule is CCCCC(CC)COP(=O)([O-])C(C)=O.[Li+]. The van der Waals surface area contributed by atoms with Crippen molar-refractivity contribution in [3.8, 4) is 0 Å². The van der Waals surface area contributed by atoms with Crippen LogP contribution >= 0.6 is 7.60 Å². The van der Waals surface area contributed by atoms with Crippen LogP contribution in [0, 0.1) is 5.92 Å². The van der Waals surface area contributed by atoms with Crippen molar-refractivity contribution < 1.29 is 37.6 Å². The van der Waals surface area contributed by atoms with E-state index in [1.807, 2.05) is 6.92 Å². The monoisotopic (exact) mass is 242 g/mol. The van der Waals surface area contributed by atoms with Crippen LogP contribution in [0.3, 0.4) is 0 Å². The van der Waals surface area contributed by atoms with Gasteiger partial charge in [-0.1, -0.05) is 33.1 Å². The zero-order valence-corrected chi connectivity index (χ0v) is 11.6. The second-order valence-electron chi connectivity index (χ2n) is 3.73. The van der Waals surface area contributed by atoms with Crippen molar-refractivity contribution in [1.29, 1.82) is 0 Å². The molecule has 90 valence electrons. The fraction of sp³-hybridized carbons (Fsp3) is 0.900. The van der Waals surface area contributed by atoms with Gasteiger partial charge in [-0.15, -0.1) is 0 Å². The molecular weight excluding hydrogens is 222 g/mol. The average molecular weight is 242 g/mol. The Kier molecular flexibility index (Phi) is 11.1. The Bertz CT molecular complexity index is 245. The molecule has 0 N–H and O–H groups in total. The number of unbranched alkanes of at least 4 members (excludes halogenated alkanes) is 1. The second kappa shape index (κ2) is 9.45. The molecule has 0 aromatic rings. The number of rotatable bonds is 8. The van der Waals surface area contributed by atoms with Crippen molar-refractivity contribution in [2.24, 2.45) is 5.92 Å². The summed E-state index contributed by atoms with van der Waals surface area (Å²) < 4.78 is 15.8. The molecule has 0 rings (SSSR count). The van der Waals surface area contributed by atoms with Crippen molar-refractivity contribution in [1.82, 2.24) is 0 Å². The summed E-state index contributed by atoms with van der Waals surface area (Å²) in [5, 5.41) is 0. The molecule has 0 fully saturated rings. The summed E-state index contributed by atoms with van der Waals surface area (Å²) in [4.78, 5) is 21.8. The molecule has 4 nitrogen and oxygen atoms in total. The summed E-state index contributed by atoms with van der Waals surface area (Å²) >= 11 is 0. The standard InChI is InChI=1S/C10H21O4P.Li/c1-4-6-7-10(5-2)8-14-15(12,13)9(3)11;/h10H,4-8H2,1-3H3,(H,12,13);/q;+1/p-1. The molecule has 0 saturated carbocycles. The number of hydrogen-bond donors (Lipinski definition) is 0. The molecule has 0 heterocycles. The van der Waals surface area contributed by atoms with Crippen LogP contribution in [0.1, 0.15) is 46.5 Å². The number of carbonyl (C=O) groups is 1. The maximum atomic E-state index is 11.1. The molecule has 2 atom stereocenters. The van der Waals surface area contributed by atoms with E-state index in [1.165, 1.54) is 0 Å². The third-order valence-corrected chi connectivity index (χ3v) is 3.67. The molecule has 6 heteroatoms. The summed E-state index contributed by atoms with van der Waals surface area (Å²) in [5.74, 6) is 0.228. The molecule has 0 aromatic heterocycles. The average Bonchev–Trinajstić information content (AvgIpc) is 2.18. The van der Waals surface area contributed by atoms with Gasteiger partial charge in [0.15, 0.2) is 7.60 Å². The molecule has 0 aliphatic rings. The van der Waals surface area contributed by atoms with Gasteiger partial charge in [0, 0.05) is 6.92 Å². The Hall–Kier alpha value is 0.417. The van der Waals surface area contributed by atoms with E-state index in [0.29, 0.717) is 0 Å². The fourth-order valence-corrected chi connectivity index (χ4v) is 1.78. The molecule has 0 radical (unpaired) electrons. The minimum absolute atomic E-state index is 0. The van der Waals surface area contributed by atoms with Crippen LogP contribution in [-0.2, 0) is 13.9 Å². The normalized spacial score (nSPS) is 16.0. The van der Waals surface area contributed by atoms with Crippen LogP contribution in [0.5, 0.6) is 0 Å². The summed E-state index contributed by atoms with van der Waals surface area (Å²) in [6, 6.07) is 0. The van der Waals surface area contributed by atoms with Crippen molar-refractivity contribution >= 4 is 13.1 Å². The first-order valence-corrected chi connectivity index (χ1v) is 6.95. The van der Waals surface area contributed by atoms with Gasteiger partial charge in [0.05, 0.1) is 6.61 Å². The Morgan fingerprint density at radius 1 is 1.44 bits per heavy atom. The second-order valence-corrected chi connectivity index (χ2v) is 5.61. The van der Waals surface area contributed by atoms with E-state index in [4.69, 9.17) is 4.52 Å². The third kappa shape index (κ3) is 7.65. The van der Waals surface area contributed by atoms with Crippen LogP contribution in [0.25, 0.3) is 0 Å². The predicted octanol–water partition coefficient (Wildman–Crippen LogP) is -0.677. The molecule has 0 aromatic carbocycles. The first-order chi connectivity index (χ1) is 6.94. The summed E-state index contributed by atoms with van der Waals surface area (Å²) in [6.07, 6.45) is 3.96. The van der Waals surface area contributed by atoms with Crippen molar-refractivity contribution in [3.63, 3.8) is 0 Å². The van der Waals surface area contributed by atoms with Gasteiger partial charge in [-0.2, -0.15) is 0 Å². The van der Waals surface area contributed by atoms with E-state index >= 15 is 0 Å². The van der Waals surface area contributed by atoms with E-state index in [2.05, 4.69) is 6.92 Å². The van der Waals surface area contributed by atoms with E-state index < -0.39 is 13.1 Å². The van der Waals surface area contributed by atoms with Gasteiger partial charge in [-0.25, -0.2) is 0 Å². The quantitative estimate of drug-likeness (QED) is 0.418. The molecule has 16 heavy (non-hydrogen) atoms. The minimum Gasteiger partial charge on any atom is -0.773 e. The van der Waals surface area contributed by atoms with E-state index in [9.17, 15) is 14.3 Å². The van der Waals surface area contributed by atoms with E-state index in [0.717, 1.165) is 32.6 Å². The molecule has 0 spiro atoms. The van der Waals surface area contributed by atoms with Crippen LogP contribution in [0.2, 0.25) is 0 Å². The van der Waals surface area contributed by atoms with Crippen molar-refractivity contribution in [2.75, 3.05) is 6.61 Å². The van der Waals surface area contributed by atoms with Gasteiger partial charge in [0.1, 0.15) is 0 Å². The zero-order valence-electron chi connectivity index (χ0n) is 10.7. The van der Waals surface area contributed by atoms with Gasteiger partial charge >= 0.3 is 18.9 Å². The molecule has 0 saturated heterocycles. The minimum atomic E-state index is -4.25. The van der Waals surface area contributed by atoms with Crippen LogP contribution in [0.4, 0.5) is 0 Å². The largest absolute Gasteiger partial charge is 1.00 e. The molecule has 0 bridgehead atoms. The van der Waals surface area contributed by atoms with Gasteiger partial charge in [0.25, 0.3) is 0 Å². The summed E-state index contributed by atoms with van der Waals surface area (Å²) in [7, 11) is -4.25. The zero-order chi connectivity index (χ0) is 11.9. The Labute approximate surface area is 110 Å². The van der Waals surface area contributed by atoms with Crippen LogP contribution in [0.15, 0.2) is 0 Å². The van der Waals surface area contributed by atoms with Crippen LogP contribution < -0.4 is 23.8 Å². The molecule has 0 aliphatic carbocycles. The Balaban J connectivity index is 0. The number of carbonyl (C=O) groups excluding carboxylic acids is 1. The number of hydrogen-bond acceptors (Lipinski definition) is 4.